The molecule has 0 aliphatic heterocycles. The lowest BCUT2D eigenvalue weighted by atomic mass is 10.1. The highest BCUT2D eigenvalue weighted by molar-refractivity contribution is 7.09. The van der Waals surface area contributed by atoms with E-state index < -0.39 is 5.97 Å². The van der Waals surface area contributed by atoms with Gasteiger partial charge in [0.15, 0.2) is 4.88 Å². The second-order valence-electron chi connectivity index (χ2n) is 3.77. The molecule has 0 saturated heterocycles. The summed E-state index contributed by atoms with van der Waals surface area (Å²) in [5.41, 5.74) is 1.80. The van der Waals surface area contributed by atoms with E-state index in [4.69, 9.17) is 0 Å². The van der Waals surface area contributed by atoms with E-state index in [1.54, 1.807) is 0 Å². The summed E-state index contributed by atoms with van der Waals surface area (Å²) in [5, 5.41) is 2.64. The topological polar surface area (TPSA) is 68.3 Å². The highest BCUT2D eigenvalue weighted by Crippen LogP contribution is 2.33. The van der Waals surface area contributed by atoms with Crippen LogP contribution in [-0.2, 0) is 9.53 Å². The van der Waals surface area contributed by atoms with Crippen molar-refractivity contribution in [3.63, 3.8) is 0 Å². The van der Waals surface area contributed by atoms with Crippen molar-refractivity contribution in [2.75, 3.05) is 12.4 Å². The molecule has 0 fully saturated rings. The van der Waals surface area contributed by atoms with E-state index in [0.29, 0.717) is 11.4 Å². The van der Waals surface area contributed by atoms with Gasteiger partial charge in [0.25, 0.3) is 0 Å². The average molecular weight is 276 g/mol. The molecule has 19 heavy (non-hydrogen) atoms. The number of nitrogens with zero attached hydrogens (tertiary/aromatic N) is 1. The number of hydrogen-bond acceptors (Lipinski definition) is 5. The average Bonchev–Trinajstić information content (AvgIpc) is 2.81. The third-order valence-electron chi connectivity index (χ3n) is 2.41. The molecule has 0 spiro atoms. The molecule has 0 unspecified atom stereocenters. The van der Waals surface area contributed by atoms with Crippen LogP contribution in [0.3, 0.4) is 0 Å². The molecule has 0 saturated carbocycles. The first-order valence-corrected chi connectivity index (χ1v) is 6.32. The fourth-order valence-corrected chi connectivity index (χ4v) is 2.38. The van der Waals surface area contributed by atoms with Gasteiger partial charge < -0.3 is 10.1 Å². The van der Waals surface area contributed by atoms with Crippen LogP contribution in [0.15, 0.2) is 30.3 Å². The SMILES string of the molecule is COC(=O)c1snc(-c2ccccc2)c1NC(C)=O. The molecule has 2 aromatic rings. The second-order valence-corrected chi connectivity index (χ2v) is 4.55. The largest absolute Gasteiger partial charge is 0.465 e. The van der Waals surface area contributed by atoms with Gasteiger partial charge in [-0.3, -0.25) is 4.79 Å². The summed E-state index contributed by atoms with van der Waals surface area (Å²) in [6, 6.07) is 9.34. The molecule has 0 radical (unpaired) electrons. The van der Waals surface area contributed by atoms with Crippen molar-refractivity contribution in [1.29, 1.82) is 0 Å². The third-order valence-corrected chi connectivity index (χ3v) is 3.24. The van der Waals surface area contributed by atoms with Gasteiger partial charge in [-0.25, -0.2) is 4.79 Å². The van der Waals surface area contributed by atoms with Gasteiger partial charge in [-0.15, -0.1) is 0 Å². The molecular weight excluding hydrogens is 264 g/mol. The number of hydrogen-bond donors (Lipinski definition) is 1. The number of carbonyl (C=O) groups excluding carboxylic acids is 2. The number of methoxy groups -OCH3 is 1. The van der Waals surface area contributed by atoms with E-state index in [1.165, 1.54) is 14.0 Å². The van der Waals surface area contributed by atoms with Crippen molar-refractivity contribution in [3.8, 4) is 11.3 Å². The molecule has 1 aromatic heterocycles. The predicted octanol–water partition coefficient (Wildman–Crippen LogP) is 2.56. The molecular formula is C13H12N2O3S. The number of amides is 1. The summed E-state index contributed by atoms with van der Waals surface area (Å²) >= 11 is 1.01. The number of benzene rings is 1. The lowest BCUT2D eigenvalue weighted by Gasteiger charge is -2.05. The fourth-order valence-electron chi connectivity index (χ4n) is 1.61. The zero-order chi connectivity index (χ0) is 13.8. The number of anilines is 1. The Labute approximate surface area is 114 Å². The first kappa shape index (κ1) is 13.2. The molecule has 2 rings (SSSR count). The Morgan fingerprint density at radius 2 is 1.95 bits per heavy atom. The summed E-state index contributed by atoms with van der Waals surface area (Å²) in [6.07, 6.45) is 0. The minimum Gasteiger partial charge on any atom is -0.465 e. The Morgan fingerprint density at radius 1 is 1.26 bits per heavy atom. The second kappa shape index (κ2) is 5.62. The molecule has 98 valence electrons. The number of esters is 1. The molecule has 0 bridgehead atoms. The summed E-state index contributed by atoms with van der Waals surface area (Å²) in [5.74, 6) is -0.772. The van der Waals surface area contributed by atoms with E-state index in [-0.39, 0.29) is 10.8 Å². The molecule has 1 aromatic carbocycles. The first-order chi connectivity index (χ1) is 9.13. The molecule has 0 aliphatic rings. The van der Waals surface area contributed by atoms with Crippen molar-refractivity contribution >= 4 is 29.1 Å². The van der Waals surface area contributed by atoms with E-state index >= 15 is 0 Å². The highest BCUT2D eigenvalue weighted by Gasteiger charge is 2.22. The van der Waals surface area contributed by atoms with Crippen LogP contribution in [0.1, 0.15) is 16.6 Å². The molecule has 0 atom stereocenters. The summed E-state index contributed by atoms with van der Waals surface area (Å²) in [6.45, 7) is 1.38. The number of carbonyl (C=O) groups is 2. The number of nitrogens with one attached hydrogen (secondary N) is 1. The van der Waals surface area contributed by atoms with Crippen LogP contribution in [0, 0.1) is 0 Å². The van der Waals surface area contributed by atoms with Crippen LogP contribution in [0.4, 0.5) is 5.69 Å². The van der Waals surface area contributed by atoms with Crippen LogP contribution in [0.2, 0.25) is 0 Å². The molecule has 6 heteroatoms. The van der Waals surface area contributed by atoms with E-state index in [1.807, 2.05) is 30.3 Å². The van der Waals surface area contributed by atoms with Gasteiger partial charge in [0.1, 0.15) is 5.69 Å². The monoisotopic (exact) mass is 276 g/mol. The van der Waals surface area contributed by atoms with Gasteiger partial charge in [-0.1, -0.05) is 30.3 Å². The van der Waals surface area contributed by atoms with Crippen molar-refractivity contribution in [1.82, 2.24) is 4.37 Å². The number of aromatic nitrogens is 1. The Balaban J connectivity index is 2.53. The molecule has 1 heterocycles. The maximum Gasteiger partial charge on any atom is 0.351 e. The lowest BCUT2D eigenvalue weighted by Crippen LogP contribution is -2.10. The quantitative estimate of drug-likeness (QED) is 0.875. The highest BCUT2D eigenvalue weighted by atomic mass is 32.1. The maximum atomic E-state index is 11.7. The van der Waals surface area contributed by atoms with E-state index in [2.05, 4.69) is 14.4 Å². The molecule has 1 N–H and O–H groups in total. The van der Waals surface area contributed by atoms with Gasteiger partial charge in [-0.2, -0.15) is 4.37 Å². The Bertz CT molecular complexity index is 608. The zero-order valence-electron chi connectivity index (χ0n) is 10.5. The first-order valence-electron chi connectivity index (χ1n) is 5.54. The lowest BCUT2D eigenvalue weighted by molar-refractivity contribution is -0.114. The summed E-state index contributed by atoms with van der Waals surface area (Å²) < 4.78 is 8.92. The standard InChI is InChI=1S/C13H12N2O3S/c1-8(16)14-11-10(9-6-4-3-5-7-9)15-19-12(11)13(17)18-2/h3-7H,1-2H3,(H,14,16). The van der Waals surface area contributed by atoms with Crippen molar-refractivity contribution < 1.29 is 14.3 Å². The van der Waals surface area contributed by atoms with Gasteiger partial charge >= 0.3 is 5.97 Å². The third kappa shape index (κ3) is 2.79. The molecule has 0 aliphatic carbocycles. The zero-order valence-corrected chi connectivity index (χ0v) is 11.3. The fraction of sp³-hybridized carbons (Fsp3) is 0.154. The van der Waals surface area contributed by atoms with Crippen LogP contribution in [-0.4, -0.2) is 23.4 Å². The maximum absolute atomic E-state index is 11.7. The van der Waals surface area contributed by atoms with Gasteiger partial charge in [0.05, 0.1) is 12.8 Å². The van der Waals surface area contributed by atoms with Crippen molar-refractivity contribution in [2.45, 2.75) is 6.92 Å². The Morgan fingerprint density at radius 3 is 2.53 bits per heavy atom. The minimum atomic E-state index is -0.511. The van der Waals surface area contributed by atoms with Crippen LogP contribution >= 0.6 is 11.5 Å². The normalized spacial score (nSPS) is 10.0. The molecule has 5 nitrogen and oxygen atoms in total. The van der Waals surface area contributed by atoms with Crippen LogP contribution in [0.5, 0.6) is 0 Å². The van der Waals surface area contributed by atoms with Crippen molar-refractivity contribution in [2.24, 2.45) is 0 Å². The number of ether oxygens (including phenoxy) is 1. The summed E-state index contributed by atoms with van der Waals surface area (Å²) in [7, 11) is 1.29. The summed E-state index contributed by atoms with van der Waals surface area (Å²) in [4.78, 5) is 23.2. The Hall–Kier alpha value is -2.21. The molecule has 1 amide bonds. The van der Waals surface area contributed by atoms with E-state index in [9.17, 15) is 9.59 Å². The van der Waals surface area contributed by atoms with Gasteiger partial charge in [0, 0.05) is 12.5 Å². The van der Waals surface area contributed by atoms with Crippen LogP contribution in [0.25, 0.3) is 11.3 Å². The van der Waals surface area contributed by atoms with Gasteiger partial charge in [-0.05, 0) is 11.5 Å². The van der Waals surface area contributed by atoms with Gasteiger partial charge in [0.2, 0.25) is 5.91 Å². The van der Waals surface area contributed by atoms with Crippen molar-refractivity contribution in [3.05, 3.63) is 35.2 Å². The number of rotatable bonds is 3. The predicted molar refractivity (Wildman–Crippen MR) is 73.2 cm³/mol. The van der Waals surface area contributed by atoms with E-state index in [0.717, 1.165) is 17.1 Å². The Kier molecular flexibility index (Phi) is 3.91. The smallest absolute Gasteiger partial charge is 0.351 e. The minimum absolute atomic E-state index is 0.262. The van der Waals surface area contributed by atoms with Crippen LogP contribution < -0.4 is 5.32 Å².